The van der Waals surface area contributed by atoms with E-state index in [0.717, 1.165) is 54.4 Å². The first-order chi connectivity index (χ1) is 14.9. The third-order valence-corrected chi connectivity index (χ3v) is 5.71. The summed E-state index contributed by atoms with van der Waals surface area (Å²) in [4.78, 5) is 26.2. The molecule has 0 spiro atoms. The minimum atomic E-state index is -0.0482. The molecule has 1 aliphatic heterocycles. The molecular formula is C24H34N2O3S2. The summed E-state index contributed by atoms with van der Waals surface area (Å²) in [5.74, 6) is 0.143. The molecule has 0 radical (unpaired) electrons. The van der Waals surface area contributed by atoms with Crippen molar-refractivity contribution >= 4 is 34.6 Å². The Hall–Kier alpha value is -1.96. The molecule has 1 aliphatic rings. The van der Waals surface area contributed by atoms with Crippen molar-refractivity contribution in [3.8, 4) is 0 Å². The molecule has 7 heteroatoms. The van der Waals surface area contributed by atoms with Crippen LogP contribution >= 0.6 is 23.7 Å². The van der Waals surface area contributed by atoms with Crippen LogP contribution in [0.4, 0.5) is 0 Å². The zero-order valence-electron chi connectivity index (χ0n) is 19.0. The lowest BCUT2D eigenvalue weighted by Crippen LogP contribution is -2.34. The molecule has 1 aromatic rings. The topological polar surface area (TPSA) is 58.6 Å². The number of rotatable bonds is 9. The van der Waals surface area contributed by atoms with E-state index >= 15 is 0 Å². The number of morpholine rings is 1. The summed E-state index contributed by atoms with van der Waals surface area (Å²) in [6.07, 6.45) is 7.25. The molecule has 1 N–H and O–H groups in total. The Morgan fingerprint density at radius 2 is 1.77 bits per heavy atom. The van der Waals surface area contributed by atoms with Gasteiger partial charge in [-0.25, -0.2) is 0 Å². The summed E-state index contributed by atoms with van der Waals surface area (Å²) < 4.78 is 8.67. The third kappa shape index (κ3) is 11.3. The van der Waals surface area contributed by atoms with Crippen molar-refractivity contribution in [2.75, 3.05) is 32.1 Å². The Morgan fingerprint density at radius 1 is 1.16 bits per heavy atom. The monoisotopic (exact) mass is 462 g/mol. The van der Waals surface area contributed by atoms with Crippen molar-refractivity contribution in [2.45, 2.75) is 39.0 Å². The lowest BCUT2D eigenvalue weighted by Gasteiger charge is -2.29. The highest BCUT2D eigenvalue weighted by atomic mass is 32.2. The van der Waals surface area contributed by atoms with Gasteiger partial charge in [-0.05, 0) is 43.2 Å². The SMILES string of the molecule is C=C(/C=C\C(=C/C)NSc1ccc(C(=O)CSC(C)=O)cc1)N1CCOCC1.CCC. The van der Waals surface area contributed by atoms with E-state index in [4.69, 9.17) is 4.74 Å². The smallest absolute Gasteiger partial charge is 0.186 e. The minimum absolute atomic E-state index is 0.0385. The van der Waals surface area contributed by atoms with E-state index in [0.29, 0.717) is 5.56 Å². The second kappa shape index (κ2) is 15.8. The number of ether oxygens (including phenoxy) is 1. The molecule has 0 unspecified atom stereocenters. The third-order valence-electron chi connectivity index (χ3n) is 4.05. The Bertz CT molecular complexity index is 768. The standard InChI is InChI=1S/C21H26N2O3S2.C3H8/c1-4-19(8-5-16(2)23-11-13-26-14-12-23)22-28-20-9-6-18(7-10-20)21(25)15-27-17(3)24;1-3-2/h4-10,22H,2,11-15H2,1,3H3;3H2,1-2H3/b8-5-,19-4+;. The van der Waals surface area contributed by atoms with E-state index in [1.54, 1.807) is 12.1 Å². The summed E-state index contributed by atoms with van der Waals surface area (Å²) in [5, 5.41) is -0.0482. The molecule has 5 nitrogen and oxygen atoms in total. The van der Waals surface area contributed by atoms with Crippen LogP contribution in [0.1, 0.15) is 44.5 Å². The molecule has 1 saturated heterocycles. The predicted octanol–water partition coefficient (Wildman–Crippen LogP) is 5.47. The number of carbonyl (C=O) groups is 2. The first kappa shape index (κ1) is 27.1. The van der Waals surface area contributed by atoms with Gasteiger partial charge in [-0.1, -0.05) is 56.8 Å². The zero-order valence-corrected chi connectivity index (χ0v) is 20.6. The first-order valence-electron chi connectivity index (χ1n) is 10.5. The number of ketones is 1. The van der Waals surface area contributed by atoms with Crippen LogP contribution in [-0.2, 0) is 9.53 Å². The van der Waals surface area contributed by atoms with Crippen molar-refractivity contribution in [3.05, 3.63) is 66.0 Å². The van der Waals surface area contributed by atoms with E-state index in [9.17, 15) is 9.59 Å². The van der Waals surface area contributed by atoms with E-state index < -0.39 is 0 Å². The van der Waals surface area contributed by atoms with E-state index in [2.05, 4.69) is 30.0 Å². The van der Waals surface area contributed by atoms with Gasteiger partial charge < -0.3 is 14.4 Å². The number of thioether (sulfide) groups is 1. The molecular weight excluding hydrogens is 428 g/mol. The van der Waals surface area contributed by atoms with Crippen LogP contribution in [0.2, 0.25) is 0 Å². The van der Waals surface area contributed by atoms with Crippen LogP contribution in [0.5, 0.6) is 0 Å². The maximum absolute atomic E-state index is 12.0. The van der Waals surface area contributed by atoms with Crippen molar-refractivity contribution in [1.29, 1.82) is 0 Å². The van der Waals surface area contributed by atoms with Crippen LogP contribution < -0.4 is 4.72 Å². The number of hydrogen-bond donors (Lipinski definition) is 1. The first-order valence-corrected chi connectivity index (χ1v) is 12.3. The normalized spacial score (nSPS) is 14.1. The summed E-state index contributed by atoms with van der Waals surface area (Å²) in [6.45, 7) is 15.0. The highest BCUT2D eigenvalue weighted by Gasteiger charge is 2.10. The van der Waals surface area contributed by atoms with Gasteiger partial charge in [0, 0.05) is 41.9 Å². The maximum Gasteiger partial charge on any atom is 0.186 e. The molecule has 0 amide bonds. The molecule has 1 fully saturated rings. The van der Waals surface area contributed by atoms with Crippen LogP contribution in [-0.4, -0.2) is 47.9 Å². The van der Waals surface area contributed by atoms with Gasteiger partial charge in [0.2, 0.25) is 0 Å². The molecule has 1 heterocycles. The van der Waals surface area contributed by atoms with Gasteiger partial charge in [0.1, 0.15) is 0 Å². The Kier molecular flexibility index (Phi) is 13.8. The van der Waals surface area contributed by atoms with Gasteiger partial charge in [-0.3, -0.25) is 9.59 Å². The van der Waals surface area contributed by atoms with E-state index in [1.165, 1.54) is 25.3 Å². The van der Waals surface area contributed by atoms with Crippen molar-refractivity contribution in [1.82, 2.24) is 9.62 Å². The van der Waals surface area contributed by atoms with Crippen LogP contribution in [0.3, 0.4) is 0 Å². The van der Waals surface area contributed by atoms with Crippen molar-refractivity contribution < 1.29 is 14.3 Å². The lowest BCUT2D eigenvalue weighted by molar-refractivity contribution is -0.109. The molecule has 31 heavy (non-hydrogen) atoms. The Labute approximate surface area is 195 Å². The van der Waals surface area contributed by atoms with E-state index in [1.807, 2.05) is 37.3 Å². The van der Waals surface area contributed by atoms with Gasteiger partial charge in [-0.15, -0.1) is 0 Å². The highest BCUT2D eigenvalue weighted by molar-refractivity contribution is 8.14. The molecule has 1 aromatic carbocycles. The zero-order chi connectivity index (χ0) is 23.1. The molecule has 0 bridgehead atoms. The van der Waals surface area contributed by atoms with Crippen molar-refractivity contribution in [2.24, 2.45) is 0 Å². The Morgan fingerprint density at radius 3 is 2.32 bits per heavy atom. The highest BCUT2D eigenvalue weighted by Crippen LogP contribution is 2.19. The van der Waals surface area contributed by atoms with Crippen LogP contribution in [0.15, 0.2) is 65.4 Å². The molecule has 0 aromatic heterocycles. The fraction of sp³-hybridized carbons (Fsp3) is 0.417. The second-order valence-corrected chi connectivity index (χ2v) is 8.84. The Balaban J connectivity index is 0.00000151. The molecule has 170 valence electrons. The number of benzene rings is 1. The summed E-state index contributed by atoms with van der Waals surface area (Å²) in [6, 6.07) is 7.37. The minimum Gasteiger partial charge on any atom is -0.378 e. The van der Waals surface area contributed by atoms with E-state index in [-0.39, 0.29) is 16.7 Å². The summed E-state index contributed by atoms with van der Waals surface area (Å²) in [7, 11) is 0. The fourth-order valence-electron chi connectivity index (χ4n) is 2.41. The average Bonchev–Trinajstić information content (AvgIpc) is 2.79. The number of nitrogens with one attached hydrogen (secondary N) is 1. The summed E-state index contributed by atoms with van der Waals surface area (Å²) >= 11 is 2.51. The van der Waals surface area contributed by atoms with Crippen LogP contribution in [0.25, 0.3) is 0 Å². The molecule has 0 saturated carbocycles. The number of carbonyl (C=O) groups excluding carboxylic acids is 2. The maximum atomic E-state index is 12.0. The van der Waals surface area contributed by atoms with Gasteiger partial charge in [-0.2, -0.15) is 0 Å². The molecule has 2 rings (SSSR count). The van der Waals surface area contributed by atoms with Gasteiger partial charge >= 0.3 is 0 Å². The quantitative estimate of drug-likeness (QED) is 0.297. The lowest BCUT2D eigenvalue weighted by atomic mass is 10.1. The van der Waals surface area contributed by atoms with Gasteiger partial charge in [0.25, 0.3) is 0 Å². The van der Waals surface area contributed by atoms with Crippen molar-refractivity contribution in [3.63, 3.8) is 0 Å². The predicted molar refractivity (Wildman–Crippen MR) is 133 cm³/mol. The van der Waals surface area contributed by atoms with Gasteiger partial charge in [0.15, 0.2) is 10.9 Å². The van der Waals surface area contributed by atoms with Gasteiger partial charge in [0.05, 0.1) is 19.0 Å². The second-order valence-electron chi connectivity index (χ2n) is 6.81. The van der Waals surface area contributed by atoms with Crippen LogP contribution in [0, 0.1) is 0 Å². The number of hydrogen-bond acceptors (Lipinski definition) is 7. The largest absolute Gasteiger partial charge is 0.378 e. The molecule has 0 atom stereocenters. The number of Topliss-reactive ketones (excluding diaryl/α,β-unsaturated/α-hetero) is 1. The summed E-state index contributed by atoms with van der Waals surface area (Å²) in [5.41, 5.74) is 2.56. The molecule has 0 aliphatic carbocycles. The number of allylic oxidation sites excluding steroid dienone is 3. The fourth-order valence-corrected chi connectivity index (χ4v) is 3.60. The number of nitrogens with zero attached hydrogens (tertiary/aromatic N) is 1. The average molecular weight is 463 g/mol.